The monoisotopic (exact) mass is 239 g/mol. The fourth-order valence-electron chi connectivity index (χ4n) is 2.20. The van der Waals surface area contributed by atoms with Crippen molar-refractivity contribution >= 4 is 0 Å². The molecule has 0 aromatic heterocycles. The van der Waals surface area contributed by atoms with Gasteiger partial charge in [0.2, 0.25) is 0 Å². The third-order valence-corrected chi connectivity index (χ3v) is 3.20. The Kier molecular flexibility index (Phi) is 4.54. The van der Waals surface area contributed by atoms with Crippen LogP contribution in [0, 0.1) is 6.92 Å². The molecule has 0 bridgehead atoms. The lowest BCUT2D eigenvalue weighted by Gasteiger charge is -2.06. The van der Waals surface area contributed by atoms with Crippen molar-refractivity contribution < 1.29 is 0 Å². The van der Waals surface area contributed by atoms with Crippen LogP contribution < -0.4 is 5.73 Å². The van der Waals surface area contributed by atoms with Gasteiger partial charge in [0.25, 0.3) is 0 Å². The normalized spacial score (nSPS) is 10.6. The van der Waals surface area contributed by atoms with Crippen molar-refractivity contribution in [3.63, 3.8) is 0 Å². The molecule has 0 aliphatic heterocycles. The first-order valence-electron chi connectivity index (χ1n) is 6.65. The highest BCUT2D eigenvalue weighted by molar-refractivity contribution is 5.64. The van der Waals surface area contributed by atoms with E-state index in [1.807, 2.05) is 0 Å². The molecule has 2 N–H and O–H groups in total. The third kappa shape index (κ3) is 3.44. The van der Waals surface area contributed by atoms with Gasteiger partial charge in [0, 0.05) is 0 Å². The fourth-order valence-corrected chi connectivity index (χ4v) is 2.20. The third-order valence-electron chi connectivity index (χ3n) is 3.20. The highest BCUT2D eigenvalue weighted by Gasteiger charge is 1.99. The molecule has 2 aromatic carbocycles. The quantitative estimate of drug-likeness (QED) is 0.786. The minimum Gasteiger partial charge on any atom is -0.330 e. The molecular weight excluding hydrogens is 218 g/mol. The van der Waals surface area contributed by atoms with E-state index in [1.54, 1.807) is 0 Å². The van der Waals surface area contributed by atoms with E-state index in [-0.39, 0.29) is 0 Å². The summed E-state index contributed by atoms with van der Waals surface area (Å²) in [5.41, 5.74) is 10.9. The van der Waals surface area contributed by atoms with Gasteiger partial charge in [0.05, 0.1) is 0 Å². The Bertz CT molecular complexity index is 502. The minimum atomic E-state index is 0.789. The first kappa shape index (κ1) is 12.8. The number of hydrogen-bond acceptors (Lipinski definition) is 1. The lowest BCUT2D eigenvalue weighted by molar-refractivity contribution is 0.745. The van der Waals surface area contributed by atoms with Crippen LogP contribution in [0.15, 0.2) is 48.5 Å². The summed E-state index contributed by atoms with van der Waals surface area (Å²) in [5.74, 6) is 0. The zero-order valence-electron chi connectivity index (χ0n) is 11.0. The zero-order valence-corrected chi connectivity index (χ0v) is 11.0. The molecule has 1 heteroatoms. The Labute approximate surface area is 110 Å². The van der Waals surface area contributed by atoms with E-state index >= 15 is 0 Å². The summed E-state index contributed by atoms with van der Waals surface area (Å²) in [7, 11) is 0. The van der Waals surface area contributed by atoms with Gasteiger partial charge in [-0.15, -0.1) is 0 Å². The van der Waals surface area contributed by atoms with Gasteiger partial charge in [-0.05, 0) is 49.4 Å². The van der Waals surface area contributed by atoms with Gasteiger partial charge in [-0.1, -0.05) is 54.1 Å². The second-order valence-electron chi connectivity index (χ2n) is 4.82. The van der Waals surface area contributed by atoms with E-state index in [1.165, 1.54) is 28.7 Å². The molecule has 0 radical (unpaired) electrons. The van der Waals surface area contributed by atoms with Crippen molar-refractivity contribution in [1.29, 1.82) is 0 Å². The maximum absolute atomic E-state index is 5.53. The second-order valence-corrected chi connectivity index (χ2v) is 4.82. The van der Waals surface area contributed by atoms with Gasteiger partial charge in [0.15, 0.2) is 0 Å². The van der Waals surface area contributed by atoms with Crippen molar-refractivity contribution in [3.8, 4) is 11.1 Å². The number of nitrogens with two attached hydrogens (primary N) is 1. The Morgan fingerprint density at radius 3 is 2.33 bits per heavy atom. The molecule has 0 aliphatic carbocycles. The Morgan fingerprint density at radius 1 is 0.889 bits per heavy atom. The first-order chi connectivity index (χ1) is 8.79. The van der Waals surface area contributed by atoms with Crippen LogP contribution in [-0.4, -0.2) is 6.54 Å². The van der Waals surface area contributed by atoms with Crippen molar-refractivity contribution in [3.05, 3.63) is 59.7 Å². The van der Waals surface area contributed by atoms with Gasteiger partial charge in [-0.3, -0.25) is 0 Å². The predicted octanol–water partition coefficient (Wildman–Crippen LogP) is 3.94. The average Bonchev–Trinajstić information content (AvgIpc) is 2.39. The van der Waals surface area contributed by atoms with Gasteiger partial charge in [0.1, 0.15) is 0 Å². The van der Waals surface area contributed by atoms with Gasteiger partial charge >= 0.3 is 0 Å². The summed E-state index contributed by atoms with van der Waals surface area (Å²) in [4.78, 5) is 0. The van der Waals surface area contributed by atoms with Crippen LogP contribution in [0.5, 0.6) is 0 Å². The molecule has 0 fully saturated rings. The van der Waals surface area contributed by atoms with Crippen molar-refractivity contribution in [2.75, 3.05) is 6.54 Å². The topological polar surface area (TPSA) is 26.0 Å². The Hall–Kier alpha value is -1.60. The van der Waals surface area contributed by atoms with E-state index in [4.69, 9.17) is 5.73 Å². The first-order valence-corrected chi connectivity index (χ1v) is 6.65. The molecule has 0 unspecified atom stereocenters. The molecule has 2 aromatic rings. The largest absolute Gasteiger partial charge is 0.330 e. The summed E-state index contributed by atoms with van der Waals surface area (Å²) in [5, 5.41) is 0. The Morgan fingerprint density at radius 2 is 1.61 bits per heavy atom. The highest BCUT2D eigenvalue weighted by Crippen LogP contribution is 2.22. The molecule has 0 spiro atoms. The number of unbranched alkanes of at least 4 members (excludes halogenated alkanes) is 1. The SMILES string of the molecule is Cc1cccc(-c2cccc(CCCCN)c2)c1. The van der Waals surface area contributed by atoms with E-state index in [2.05, 4.69) is 55.5 Å². The zero-order chi connectivity index (χ0) is 12.8. The number of rotatable bonds is 5. The predicted molar refractivity (Wildman–Crippen MR) is 78.6 cm³/mol. The van der Waals surface area contributed by atoms with Crippen LogP contribution in [0.2, 0.25) is 0 Å². The summed E-state index contributed by atoms with van der Waals surface area (Å²) in [6.07, 6.45) is 3.40. The smallest absolute Gasteiger partial charge is 0.00772 e. The minimum absolute atomic E-state index is 0.789. The molecule has 0 heterocycles. The fraction of sp³-hybridized carbons (Fsp3) is 0.294. The lowest BCUT2D eigenvalue weighted by atomic mass is 9.99. The lowest BCUT2D eigenvalue weighted by Crippen LogP contribution is -1.99. The van der Waals surface area contributed by atoms with Crippen molar-refractivity contribution in [2.45, 2.75) is 26.2 Å². The molecule has 2 rings (SSSR count). The summed E-state index contributed by atoms with van der Waals surface area (Å²) >= 11 is 0. The second kappa shape index (κ2) is 6.36. The summed E-state index contributed by atoms with van der Waals surface area (Å²) < 4.78 is 0. The van der Waals surface area contributed by atoms with Crippen molar-refractivity contribution in [2.24, 2.45) is 5.73 Å². The molecule has 0 aliphatic rings. The number of hydrogen-bond donors (Lipinski definition) is 1. The van der Waals surface area contributed by atoms with E-state index in [0.29, 0.717) is 0 Å². The number of benzene rings is 2. The van der Waals surface area contributed by atoms with Gasteiger partial charge < -0.3 is 5.73 Å². The molecule has 18 heavy (non-hydrogen) atoms. The molecule has 0 saturated carbocycles. The highest BCUT2D eigenvalue weighted by atomic mass is 14.5. The van der Waals surface area contributed by atoms with Gasteiger partial charge in [-0.2, -0.15) is 0 Å². The van der Waals surface area contributed by atoms with Crippen LogP contribution >= 0.6 is 0 Å². The van der Waals surface area contributed by atoms with Crippen LogP contribution in [0.3, 0.4) is 0 Å². The molecule has 0 amide bonds. The average molecular weight is 239 g/mol. The maximum atomic E-state index is 5.53. The van der Waals surface area contributed by atoms with Crippen molar-refractivity contribution in [1.82, 2.24) is 0 Å². The maximum Gasteiger partial charge on any atom is -0.00772 e. The van der Waals surface area contributed by atoms with Gasteiger partial charge in [-0.25, -0.2) is 0 Å². The summed E-state index contributed by atoms with van der Waals surface area (Å²) in [6.45, 7) is 2.92. The molecular formula is C17H21N. The van der Waals surface area contributed by atoms with E-state index < -0.39 is 0 Å². The van der Waals surface area contributed by atoms with Crippen LogP contribution in [0.1, 0.15) is 24.0 Å². The standard InChI is InChI=1S/C17H21N/c1-14-6-4-9-16(12-14)17-10-5-8-15(13-17)7-2-3-11-18/h4-6,8-10,12-13H,2-3,7,11,18H2,1H3. The molecule has 0 atom stereocenters. The Balaban J connectivity index is 2.16. The molecule has 1 nitrogen and oxygen atoms in total. The van der Waals surface area contributed by atoms with Crippen LogP contribution in [0.4, 0.5) is 0 Å². The van der Waals surface area contributed by atoms with E-state index in [9.17, 15) is 0 Å². The van der Waals surface area contributed by atoms with Crippen LogP contribution in [-0.2, 0) is 6.42 Å². The van der Waals surface area contributed by atoms with Crippen LogP contribution in [0.25, 0.3) is 11.1 Å². The van der Waals surface area contributed by atoms with E-state index in [0.717, 1.165) is 19.4 Å². The molecule has 94 valence electrons. The number of aryl methyl sites for hydroxylation is 2. The summed E-state index contributed by atoms with van der Waals surface area (Å²) in [6, 6.07) is 17.5. The molecule has 0 saturated heterocycles.